The molecule has 1 aliphatic rings. The van der Waals surface area contributed by atoms with Gasteiger partial charge in [-0.1, -0.05) is 18.2 Å². The van der Waals surface area contributed by atoms with Crippen molar-refractivity contribution >= 4 is 5.82 Å². The van der Waals surface area contributed by atoms with Gasteiger partial charge in [0.25, 0.3) is 0 Å². The molecule has 0 aliphatic carbocycles. The van der Waals surface area contributed by atoms with Crippen molar-refractivity contribution in [2.24, 2.45) is 0 Å². The van der Waals surface area contributed by atoms with Crippen LogP contribution in [-0.4, -0.2) is 16.3 Å². The summed E-state index contributed by atoms with van der Waals surface area (Å²) in [7, 11) is 0. The molecule has 82 valence electrons. The van der Waals surface area contributed by atoms with Gasteiger partial charge in [-0.15, -0.1) is 0 Å². The molecule has 1 N–H and O–H groups in total. The summed E-state index contributed by atoms with van der Waals surface area (Å²) < 4.78 is 2.02. The SMILES string of the molecule is Cc1nn(-c2ccccc2)c2c1CCCN2. The number of hydrogen-bond acceptors (Lipinski definition) is 2. The summed E-state index contributed by atoms with van der Waals surface area (Å²) in [5.41, 5.74) is 3.64. The first-order chi connectivity index (χ1) is 7.86. The Morgan fingerprint density at radius 3 is 2.88 bits per heavy atom. The van der Waals surface area contributed by atoms with Gasteiger partial charge in [-0.25, -0.2) is 4.68 Å². The highest BCUT2D eigenvalue weighted by Gasteiger charge is 2.18. The van der Waals surface area contributed by atoms with E-state index < -0.39 is 0 Å². The molecule has 0 amide bonds. The van der Waals surface area contributed by atoms with E-state index in [9.17, 15) is 0 Å². The van der Waals surface area contributed by atoms with Gasteiger partial charge in [0, 0.05) is 12.1 Å². The molecule has 1 aromatic heterocycles. The highest BCUT2D eigenvalue weighted by Crippen LogP contribution is 2.27. The van der Waals surface area contributed by atoms with E-state index in [0.29, 0.717) is 0 Å². The Kier molecular flexibility index (Phi) is 2.17. The molecule has 3 rings (SSSR count). The van der Waals surface area contributed by atoms with Crippen LogP contribution in [0.15, 0.2) is 30.3 Å². The zero-order valence-electron chi connectivity index (χ0n) is 9.40. The van der Waals surface area contributed by atoms with E-state index in [0.717, 1.165) is 24.3 Å². The molecule has 1 aromatic carbocycles. The number of nitrogens with one attached hydrogen (secondary N) is 1. The van der Waals surface area contributed by atoms with Crippen LogP contribution in [-0.2, 0) is 6.42 Å². The number of anilines is 1. The van der Waals surface area contributed by atoms with Gasteiger partial charge in [-0.05, 0) is 31.9 Å². The first-order valence-corrected chi connectivity index (χ1v) is 5.74. The second-order valence-electron chi connectivity index (χ2n) is 4.19. The minimum atomic E-state index is 1.05. The molecule has 0 saturated heterocycles. The molecule has 0 unspecified atom stereocenters. The Bertz CT molecular complexity index is 499. The molecule has 0 spiro atoms. The van der Waals surface area contributed by atoms with Crippen molar-refractivity contribution in [3.63, 3.8) is 0 Å². The van der Waals surface area contributed by atoms with Crippen LogP contribution in [0.1, 0.15) is 17.7 Å². The molecule has 0 fully saturated rings. The standard InChI is InChI=1S/C13H15N3/c1-10-12-8-5-9-14-13(12)16(15-10)11-6-3-2-4-7-11/h2-4,6-7,14H,5,8-9H2,1H3. The fourth-order valence-corrected chi connectivity index (χ4v) is 2.27. The maximum atomic E-state index is 4.62. The summed E-state index contributed by atoms with van der Waals surface area (Å²) in [5.74, 6) is 1.18. The summed E-state index contributed by atoms with van der Waals surface area (Å²) in [4.78, 5) is 0. The van der Waals surface area contributed by atoms with Gasteiger partial charge in [-0.2, -0.15) is 5.10 Å². The molecular weight excluding hydrogens is 198 g/mol. The van der Waals surface area contributed by atoms with Gasteiger partial charge in [0.2, 0.25) is 0 Å². The van der Waals surface area contributed by atoms with E-state index in [2.05, 4.69) is 29.5 Å². The smallest absolute Gasteiger partial charge is 0.133 e. The van der Waals surface area contributed by atoms with E-state index in [1.54, 1.807) is 0 Å². The lowest BCUT2D eigenvalue weighted by Gasteiger charge is -2.16. The third kappa shape index (κ3) is 1.40. The summed E-state index contributed by atoms with van der Waals surface area (Å²) in [6.07, 6.45) is 2.34. The van der Waals surface area contributed by atoms with Gasteiger partial charge in [-0.3, -0.25) is 0 Å². The predicted molar refractivity (Wildman–Crippen MR) is 65.1 cm³/mol. The Morgan fingerprint density at radius 1 is 1.25 bits per heavy atom. The van der Waals surface area contributed by atoms with Crippen molar-refractivity contribution < 1.29 is 0 Å². The highest BCUT2D eigenvalue weighted by molar-refractivity contribution is 5.54. The summed E-state index contributed by atoms with van der Waals surface area (Å²) in [6.45, 7) is 3.14. The quantitative estimate of drug-likeness (QED) is 0.789. The monoisotopic (exact) mass is 213 g/mol. The molecular formula is C13H15N3. The average Bonchev–Trinajstić information content (AvgIpc) is 2.69. The van der Waals surface area contributed by atoms with Crippen LogP contribution in [0, 0.1) is 6.92 Å². The number of nitrogens with zero attached hydrogens (tertiary/aromatic N) is 2. The first-order valence-electron chi connectivity index (χ1n) is 5.74. The molecule has 3 nitrogen and oxygen atoms in total. The van der Waals surface area contributed by atoms with Crippen molar-refractivity contribution in [1.82, 2.24) is 9.78 Å². The Morgan fingerprint density at radius 2 is 2.06 bits per heavy atom. The van der Waals surface area contributed by atoms with E-state index in [4.69, 9.17) is 0 Å². The van der Waals surface area contributed by atoms with Crippen LogP contribution >= 0.6 is 0 Å². The lowest BCUT2D eigenvalue weighted by molar-refractivity contribution is 0.805. The summed E-state index contributed by atoms with van der Waals surface area (Å²) >= 11 is 0. The number of aryl methyl sites for hydroxylation is 1. The molecule has 3 heteroatoms. The molecule has 0 radical (unpaired) electrons. The van der Waals surface area contributed by atoms with Crippen molar-refractivity contribution in [1.29, 1.82) is 0 Å². The van der Waals surface area contributed by atoms with Gasteiger partial charge in [0.15, 0.2) is 0 Å². The van der Waals surface area contributed by atoms with Crippen LogP contribution in [0.5, 0.6) is 0 Å². The van der Waals surface area contributed by atoms with E-state index in [-0.39, 0.29) is 0 Å². The van der Waals surface area contributed by atoms with Crippen LogP contribution in [0.3, 0.4) is 0 Å². The minimum Gasteiger partial charge on any atom is -0.370 e. The van der Waals surface area contributed by atoms with Crippen molar-refractivity contribution in [2.75, 3.05) is 11.9 Å². The van der Waals surface area contributed by atoms with Crippen molar-refractivity contribution in [2.45, 2.75) is 19.8 Å². The molecule has 2 heterocycles. The van der Waals surface area contributed by atoms with E-state index >= 15 is 0 Å². The van der Waals surface area contributed by atoms with Gasteiger partial charge in [0.1, 0.15) is 5.82 Å². The average molecular weight is 213 g/mol. The maximum Gasteiger partial charge on any atom is 0.133 e. The van der Waals surface area contributed by atoms with E-state index in [1.165, 1.54) is 17.8 Å². The Hall–Kier alpha value is -1.77. The number of fused-ring (bicyclic) bond motifs is 1. The van der Waals surface area contributed by atoms with Crippen LogP contribution in [0.4, 0.5) is 5.82 Å². The predicted octanol–water partition coefficient (Wildman–Crippen LogP) is 2.54. The summed E-state index contributed by atoms with van der Waals surface area (Å²) in [6, 6.07) is 10.3. The number of hydrogen-bond donors (Lipinski definition) is 1. The Balaban J connectivity index is 2.15. The molecule has 0 bridgehead atoms. The fourth-order valence-electron chi connectivity index (χ4n) is 2.27. The molecule has 0 saturated carbocycles. The zero-order valence-corrected chi connectivity index (χ0v) is 9.40. The Labute approximate surface area is 95.1 Å². The molecule has 16 heavy (non-hydrogen) atoms. The number of benzene rings is 1. The van der Waals surface area contributed by atoms with Crippen LogP contribution in [0.2, 0.25) is 0 Å². The van der Waals surface area contributed by atoms with Gasteiger partial charge in [0.05, 0.1) is 11.4 Å². The largest absolute Gasteiger partial charge is 0.370 e. The normalized spacial score (nSPS) is 14.3. The number of rotatable bonds is 1. The van der Waals surface area contributed by atoms with Gasteiger partial charge < -0.3 is 5.32 Å². The van der Waals surface area contributed by atoms with Crippen molar-refractivity contribution in [3.8, 4) is 5.69 Å². The maximum absolute atomic E-state index is 4.62. The number of aromatic nitrogens is 2. The molecule has 0 atom stereocenters. The second kappa shape index (κ2) is 3.67. The first kappa shape index (κ1) is 9.46. The zero-order chi connectivity index (χ0) is 11.0. The lowest BCUT2D eigenvalue weighted by atomic mass is 10.1. The minimum absolute atomic E-state index is 1.05. The second-order valence-corrected chi connectivity index (χ2v) is 4.19. The third-order valence-electron chi connectivity index (χ3n) is 3.08. The van der Waals surface area contributed by atoms with E-state index in [1.807, 2.05) is 22.9 Å². The van der Waals surface area contributed by atoms with Crippen LogP contribution in [0.25, 0.3) is 5.69 Å². The molecule has 1 aliphatic heterocycles. The van der Waals surface area contributed by atoms with Gasteiger partial charge >= 0.3 is 0 Å². The van der Waals surface area contributed by atoms with Crippen molar-refractivity contribution in [3.05, 3.63) is 41.6 Å². The fraction of sp³-hybridized carbons (Fsp3) is 0.308. The molecule has 2 aromatic rings. The lowest BCUT2D eigenvalue weighted by Crippen LogP contribution is -2.14. The highest BCUT2D eigenvalue weighted by atomic mass is 15.3. The summed E-state index contributed by atoms with van der Waals surface area (Å²) in [5, 5.41) is 8.07. The third-order valence-corrected chi connectivity index (χ3v) is 3.08. The van der Waals surface area contributed by atoms with Crippen LogP contribution < -0.4 is 5.32 Å². The topological polar surface area (TPSA) is 29.9 Å². The number of para-hydroxylation sites is 1.